The van der Waals surface area contributed by atoms with Crippen LogP contribution in [-0.2, 0) is 9.59 Å². The Hall–Kier alpha value is -1.14. The van der Waals surface area contributed by atoms with Crippen LogP contribution in [0.15, 0.2) is 0 Å². The average Bonchev–Trinajstić information content (AvgIpc) is 2.22. The molecule has 0 fully saturated rings. The number of nitrogens with one attached hydrogen (secondary N) is 2. The SMILES string of the molecule is CNC(=O)[C@@H](NC(=O)[C@@H](N)CO)C(C)C. The molecule has 0 aromatic carbocycles. The molecular weight excluding hydrogens is 198 g/mol. The number of aliphatic hydroxyl groups excluding tert-OH is 1. The summed E-state index contributed by atoms with van der Waals surface area (Å²) in [5.74, 6) is -0.844. The predicted molar refractivity (Wildman–Crippen MR) is 55.9 cm³/mol. The number of nitrogens with two attached hydrogens (primary N) is 1. The fourth-order valence-corrected chi connectivity index (χ4v) is 1.03. The summed E-state index contributed by atoms with van der Waals surface area (Å²) in [4.78, 5) is 22.7. The molecule has 0 saturated heterocycles. The molecule has 0 heterocycles. The third-order valence-electron chi connectivity index (χ3n) is 2.03. The summed E-state index contributed by atoms with van der Waals surface area (Å²) in [6.07, 6.45) is 0. The second-order valence-electron chi connectivity index (χ2n) is 3.63. The smallest absolute Gasteiger partial charge is 0.242 e. The first kappa shape index (κ1) is 13.9. The van der Waals surface area contributed by atoms with Gasteiger partial charge < -0.3 is 21.5 Å². The van der Waals surface area contributed by atoms with Crippen LogP contribution in [0.4, 0.5) is 0 Å². The summed E-state index contributed by atoms with van der Waals surface area (Å²) in [6, 6.07) is -1.61. The van der Waals surface area contributed by atoms with Gasteiger partial charge in [-0.15, -0.1) is 0 Å². The summed E-state index contributed by atoms with van der Waals surface area (Å²) in [5, 5.41) is 13.6. The van der Waals surface area contributed by atoms with Gasteiger partial charge in [0.15, 0.2) is 0 Å². The molecule has 0 rings (SSSR count). The lowest BCUT2D eigenvalue weighted by Gasteiger charge is -2.22. The molecule has 6 heteroatoms. The Morgan fingerprint density at radius 3 is 2.20 bits per heavy atom. The van der Waals surface area contributed by atoms with Crippen molar-refractivity contribution in [2.75, 3.05) is 13.7 Å². The van der Waals surface area contributed by atoms with Crippen molar-refractivity contribution in [3.05, 3.63) is 0 Å². The van der Waals surface area contributed by atoms with Crippen molar-refractivity contribution in [2.45, 2.75) is 25.9 Å². The molecule has 15 heavy (non-hydrogen) atoms. The van der Waals surface area contributed by atoms with E-state index < -0.39 is 24.6 Å². The maximum atomic E-state index is 11.4. The van der Waals surface area contributed by atoms with Gasteiger partial charge >= 0.3 is 0 Å². The zero-order chi connectivity index (χ0) is 12.0. The van der Waals surface area contributed by atoms with Crippen LogP contribution in [0.3, 0.4) is 0 Å². The second kappa shape index (κ2) is 6.36. The Bertz CT molecular complexity index is 231. The van der Waals surface area contributed by atoms with Crippen molar-refractivity contribution in [2.24, 2.45) is 11.7 Å². The number of rotatable bonds is 5. The molecule has 2 amide bonds. The third kappa shape index (κ3) is 4.26. The monoisotopic (exact) mass is 217 g/mol. The number of amides is 2. The topological polar surface area (TPSA) is 104 Å². The van der Waals surface area contributed by atoms with Crippen molar-refractivity contribution >= 4 is 11.8 Å². The van der Waals surface area contributed by atoms with Gasteiger partial charge in [0.25, 0.3) is 0 Å². The van der Waals surface area contributed by atoms with Crippen LogP contribution in [0.25, 0.3) is 0 Å². The van der Waals surface area contributed by atoms with Gasteiger partial charge in [-0.1, -0.05) is 13.8 Å². The molecule has 5 N–H and O–H groups in total. The second-order valence-corrected chi connectivity index (χ2v) is 3.63. The average molecular weight is 217 g/mol. The van der Waals surface area contributed by atoms with E-state index >= 15 is 0 Å². The highest BCUT2D eigenvalue weighted by atomic mass is 16.3. The third-order valence-corrected chi connectivity index (χ3v) is 2.03. The highest BCUT2D eigenvalue weighted by Crippen LogP contribution is 2.01. The first-order valence-electron chi connectivity index (χ1n) is 4.82. The normalized spacial score (nSPS) is 14.5. The van der Waals surface area contributed by atoms with E-state index in [0.717, 1.165) is 0 Å². The maximum absolute atomic E-state index is 11.4. The quantitative estimate of drug-likeness (QED) is 0.436. The summed E-state index contributed by atoms with van der Waals surface area (Å²) in [5.41, 5.74) is 5.31. The van der Waals surface area contributed by atoms with Crippen LogP contribution < -0.4 is 16.4 Å². The molecule has 0 unspecified atom stereocenters. The molecule has 0 bridgehead atoms. The fraction of sp³-hybridized carbons (Fsp3) is 0.778. The van der Waals surface area contributed by atoms with Gasteiger partial charge in [0.1, 0.15) is 12.1 Å². The lowest BCUT2D eigenvalue weighted by atomic mass is 10.0. The number of likely N-dealkylation sites (N-methyl/N-ethyl adjacent to an activating group) is 1. The molecule has 6 nitrogen and oxygen atoms in total. The Morgan fingerprint density at radius 1 is 1.33 bits per heavy atom. The Morgan fingerprint density at radius 2 is 1.87 bits per heavy atom. The first-order valence-corrected chi connectivity index (χ1v) is 4.82. The van der Waals surface area contributed by atoms with E-state index in [-0.39, 0.29) is 11.8 Å². The van der Waals surface area contributed by atoms with E-state index in [9.17, 15) is 9.59 Å². The number of carbonyl (C=O) groups excluding carboxylic acids is 2. The van der Waals surface area contributed by atoms with E-state index in [0.29, 0.717) is 0 Å². The van der Waals surface area contributed by atoms with Gasteiger partial charge in [-0.2, -0.15) is 0 Å². The molecular formula is C9H19N3O3. The first-order chi connectivity index (χ1) is 6.93. The van der Waals surface area contributed by atoms with E-state index in [2.05, 4.69) is 10.6 Å². The van der Waals surface area contributed by atoms with Crippen LogP contribution >= 0.6 is 0 Å². The minimum absolute atomic E-state index is 0.0419. The van der Waals surface area contributed by atoms with Crippen LogP contribution in [0.1, 0.15) is 13.8 Å². The highest BCUT2D eigenvalue weighted by Gasteiger charge is 2.25. The minimum atomic E-state index is -0.990. The van der Waals surface area contributed by atoms with Crippen molar-refractivity contribution in [3.63, 3.8) is 0 Å². The zero-order valence-corrected chi connectivity index (χ0v) is 9.28. The standard InChI is InChI=1S/C9H19N3O3/c1-5(2)7(9(15)11-3)12-8(14)6(10)4-13/h5-7,13H,4,10H2,1-3H3,(H,11,15)(H,12,14)/t6-,7-/m0/s1. The Labute approximate surface area is 89.2 Å². The molecule has 2 atom stereocenters. The molecule has 0 aromatic heterocycles. The fourth-order valence-electron chi connectivity index (χ4n) is 1.03. The molecule has 0 aliphatic carbocycles. The van der Waals surface area contributed by atoms with Crippen LogP contribution in [0, 0.1) is 5.92 Å². The minimum Gasteiger partial charge on any atom is -0.394 e. The molecule has 0 aliphatic heterocycles. The molecule has 0 saturated carbocycles. The van der Waals surface area contributed by atoms with E-state index in [1.165, 1.54) is 7.05 Å². The number of hydrogen-bond acceptors (Lipinski definition) is 4. The molecule has 0 radical (unpaired) electrons. The lowest BCUT2D eigenvalue weighted by molar-refractivity contribution is -0.130. The van der Waals surface area contributed by atoms with Crippen molar-refractivity contribution < 1.29 is 14.7 Å². The summed E-state index contributed by atoms with van der Waals surface area (Å²) in [7, 11) is 1.50. The molecule has 88 valence electrons. The predicted octanol–water partition coefficient (Wildman–Crippen LogP) is -1.81. The van der Waals surface area contributed by atoms with E-state index in [4.69, 9.17) is 10.8 Å². The Balaban J connectivity index is 4.42. The van der Waals surface area contributed by atoms with Crippen LogP contribution in [0.5, 0.6) is 0 Å². The number of aliphatic hydroxyl groups is 1. The van der Waals surface area contributed by atoms with Gasteiger partial charge in [0.05, 0.1) is 6.61 Å². The number of carbonyl (C=O) groups is 2. The van der Waals surface area contributed by atoms with Gasteiger partial charge in [-0.05, 0) is 5.92 Å². The Kier molecular flexibility index (Phi) is 5.88. The van der Waals surface area contributed by atoms with Crippen molar-refractivity contribution in [3.8, 4) is 0 Å². The molecule has 0 aliphatic rings. The van der Waals surface area contributed by atoms with Crippen molar-refractivity contribution in [1.82, 2.24) is 10.6 Å². The van der Waals surface area contributed by atoms with E-state index in [1.807, 2.05) is 13.8 Å². The molecule has 0 aromatic rings. The summed E-state index contributed by atoms with van der Waals surface area (Å²) in [6.45, 7) is 3.18. The van der Waals surface area contributed by atoms with Crippen molar-refractivity contribution in [1.29, 1.82) is 0 Å². The van der Waals surface area contributed by atoms with Crippen LogP contribution in [-0.4, -0.2) is 42.7 Å². The zero-order valence-electron chi connectivity index (χ0n) is 9.28. The molecule has 0 spiro atoms. The number of hydrogen-bond donors (Lipinski definition) is 4. The maximum Gasteiger partial charge on any atom is 0.242 e. The van der Waals surface area contributed by atoms with Gasteiger partial charge in [0, 0.05) is 7.05 Å². The van der Waals surface area contributed by atoms with Gasteiger partial charge in [0.2, 0.25) is 11.8 Å². The summed E-state index contributed by atoms with van der Waals surface area (Å²) < 4.78 is 0. The largest absolute Gasteiger partial charge is 0.394 e. The summed E-state index contributed by atoms with van der Waals surface area (Å²) >= 11 is 0. The van der Waals surface area contributed by atoms with Crippen LogP contribution in [0.2, 0.25) is 0 Å². The lowest BCUT2D eigenvalue weighted by Crippen LogP contribution is -2.54. The van der Waals surface area contributed by atoms with Gasteiger partial charge in [-0.25, -0.2) is 0 Å². The van der Waals surface area contributed by atoms with Gasteiger partial charge in [-0.3, -0.25) is 9.59 Å². The highest BCUT2D eigenvalue weighted by molar-refractivity contribution is 5.89. The van der Waals surface area contributed by atoms with E-state index in [1.54, 1.807) is 0 Å².